The minimum atomic E-state index is -3.49. The van der Waals surface area contributed by atoms with Gasteiger partial charge in [0.15, 0.2) is 0 Å². The molecular formula is C14H21N3O2S. The molecule has 2 aliphatic carbocycles. The molecule has 0 saturated heterocycles. The molecule has 20 heavy (non-hydrogen) atoms. The summed E-state index contributed by atoms with van der Waals surface area (Å²) in [7, 11) is -3.49. The van der Waals surface area contributed by atoms with E-state index in [0.717, 1.165) is 18.8 Å². The first-order valence-electron chi connectivity index (χ1n) is 7.25. The molecule has 110 valence electrons. The van der Waals surface area contributed by atoms with Crippen molar-refractivity contribution in [3.05, 3.63) is 18.5 Å². The zero-order valence-electron chi connectivity index (χ0n) is 11.7. The maximum absolute atomic E-state index is 12.5. The molecule has 1 heterocycles. The molecule has 3 rings (SSSR count). The highest BCUT2D eigenvalue weighted by Crippen LogP contribution is 2.60. The number of rotatable bonds is 7. The van der Waals surface area contributed by atoms with Crippen LogP contribution in [0, 0.1) is 11.3 Å². The van der Waals surface area contributed by atoms with Gasteiger partial charge in [-0.2, -0.15) is 0 Å². The third-order valence-corrected chi connectivity index (χ3v) is 5.82. The number of pyridine rings is 1. The van der Waals surface area contributed by atoms with Gasteiger partial charge >= 0.3 is 0 Å². The van der Waals surface area contributed by atoms with Crippen LogP contribution in [-0.2, 0) is 10.0 Å². The van der Waals surface area contributed by atoms with Crippen LogP contribution in [0.1, 0.15) is 32.6 Å². The Hall–Kier alpha value is -1.14. The third kappa shape index (κ3) is 2.67. The van der Waals surface area contributed by atoms with Crippen molar-refractivity contribution < 1.29 is 8.42 Å². The number of nitrogens with one attached hydrogen (secondary N) is 2. The molecular weight excluding hydrogens is 274 g/mol. The lowest BCUT2D eigenvalue weighted by molar-refractivity contribution is 0.432. The van der Waals surface area contributed by atoms with E-state index >= 15 is 0 Å². The van der Waals surface area contributed by atoms with Crippen molar-refractivity contribution in [3.8, 4) is 0 Å². The molecule has 1 aromatic rings. The molecule has 2 saturated carbocycles. The summed E-state index contributed by atoms with van der Waals surface area (Å²) in [4.78, 5) is 4.19. The molecule has 0 aliphatic heterocycles. The molecule has 0 radical (unpaired) electrons. The van der Waals surface area contributed by atoms with Crippen molar-refractivity contribution in [2.24, 2.45) is 11.3 Å². The number of hydrogen-bond acceptors (Lipinski definition) is 4. The van der Waals surface area contributed by atoms with E-state index in [0.29, 0.717) is 18.8 Å². The Morgan fingerprint density at radius 1 is 1.40 bits per heavy atom. The Bertz CT molecular complexity index is 592. The van der Waals surface area contributed by atoms with Crippen LogP contribution in [0.3, 0.4) is 0 Å². The zero-order valence-corrected chi connectivity index (χ0v) is 12.5. The molecule has 2 fully saturated rings. The van der Waals surface area contributed by atoms with Crippen molar-refractivity contribution in [2.75, 3.05) is 18.4 Å². The summed E-state index contributed by atoms with van der Waals surface area (Å²) in [5.74, 6) is 0.743. The minimum absolute atomic E-state index is 0.244. The topological polar surface area (TPSA) is 71.1 Å². The van der Waals surface area contributed by atoms with Crippen molar-refractivity contribution in [1.82, 2.24) is 9.71 Å². The van der Waals surface area contributed by atoms with E-state index in [1.54, 1.807) is 12.3 Å². The van der Waals surface area contributed by atoms with Crippen LogP contribution in [0.2, 0.25) is 0 Å². The summed E-state index contributed by atoms with van der Waals surface area (Å²) in [5, 5.41) is 3.07. The average Bonchev–Trinajstić information content (AvgIpc) is 3.29. The summed E-state index contributed by atoms with van der Waals surface area (Å²) >= 11 is 0. The molecule has 2 aliphatic rings. The third-order valence-electron chi connectivity index (χ3n) is 4.39. The number of aromatic nitrogens is 1. The number of nitrogens with zero attached hydrogens (tertiary/aromatic N) is 1. The molecule has 0 spiro atoms. The Morgan fingerprint density at radius 3 is 2.75 bits per heavy atom. The maximum atomic E-state index is 12.5. The van der Waals surface area contributed by atoms with Crippen molar-refractivity contribution in [1.29, 1.82) is 0 Å². The van der Waals surface area contributed by atoms with E-state index in [1.165, 1.54) is 19.0 Å². The second-order valence-corrected chi connectivity index (χ2v) is 7.60. The van der Waals surface area contributed by atoms with Crippen molar-refractivity contribution in [2.45, 2.75) is 37.5 Å². The van der Waals surface area contributed by atoms with E-state index in [2.05, 4.69) is 15.0 Å². The Kier molecular flexibility index (Phi) is 3.46. The fourth-order valence-corrected chi connectivity index (χ4v) is 4.10. The molecule has 5 nitrogen and oxygen atoms in total. The van der Waals surface area contributed by atoms with Gasteiger partial charge in [0.2, 0.25) is 10.0 Å². The van der Waals surface area contributed by atoms with Crippen molar-refractivity contribution >= 4 is 15.7 Å². The Morgan fingerprint density at radius 2 is 2.15 bits per heavy atom. The van der Waals surface area contributed by atoms with E-state index in [1.807, 2.05) is 6.92 Å². The maximum Gasteiger partial charge on any atom is 0.244 e. The van der Waals surface area contributed by atoms with Gasteiger partial charge in [0.25, 0.3) is 0 Å². The van der Waals surface area contributed by atoms with Gasteiger partial charge in [-0.3, -0.25) is 4.98 Å². The van der Waals surface area contributed by atoms with Crippen molar-refractivity contribution in [3.63, 3.8) is 0 Å². The summed E-state index contributed by atoms with van der Waals surface area (Å²) in [5.41, 5.74) is 0.874. The second kappa shape index (κ2) is 5.00. The van der Waals surface area contributed by atoms with Crippen LogP contribution in [0.15, 0.2) is 23.4 Å². The predicted molar refractivity (Wildman–Crippen MR) is 78.0 cm³/mol. The average molecular weight is 295 g/mol. The monoisotopic (exact) mass is 295 g/mol. The lowest BCUT2D eigenvalue weighted by Crippen LogP contribution is -2.31. The SMILES string of the molecule is CCNc1ccncc1S(=O)(=O)NCC1(C2CC2)CC1. The lowest BCUT2D eigenvalue weighted by Gasteiger charge is -2.16. The molecule has 0 aromatic carbocycles. The van der Waals surface area contributed by atoms with E-state index in [4.69, 9.17) is 0 Å². The molecule has 2 N–H and O–H groups in total. The Balaban J connectivity index is 1.74. The number of anilines is 1. The van der Waals surface area contributed by atoms with E-state index in [9.17, 15) is 8.42 Å². The molecule has 0 amide bonds. The standard InChI is InChI=1S/C14H21N3O2S/c1-2-16-12-5-8-15-9-13(12)20(18,19)17-10-14(6-7-14)11-3-4-11/h5,8-9,11,17H,2-4,6-7,10H2,1H3,(H,15,16). The fourth-order valence-electron chi connectivity index (χ4n) is 2.83. The highest BCUT2D eigenvalue weighted by atomic mass is 32.2. The summed E-state index contributed by atoms with van der Waals surface area (Å²) in [6, 6.07) is 1.70. The van der Waals surface area contributed by atoms with Gasteiger partial charge in [0, 0.05) is 25.5 Å². The highest BCUT2D eigenvalue weighted by molar-refractivity contribution is 7.89. The predicted octanol–water partition coefficient (Wildman–Crippen LogP) is 1.98. The normalized spacial score (nSPS) is 20.6. The van der Waals surface area contributed by atoms with Gasteiger partial charge < -0.3 is 5.32 Å². The van der Waals surface area contributed by atoms with E-state index in [-0.39, 0.29) is 10.3 Å². The van der Waals surface area contributed by atoms with Crippen LogP contribution in [-0.4, -0.2) is 26.5 Å². The first kappa shape index (κ1) is 13.8. The molecule has 6 heteroatoms. The van der Waals surface area contributed by atoms with Crippen LogP contribution >= 0.6 is 0 Å². The van der Waals surface area contributed by atoms with Gasteiger partial charge in [-0.05, 0) is 50.0 Å². The zero-order chi connectivity index (χ0) is 14.2. The Labute approximate surface area is 120 Å². The first-order chi connectivity index (χ1) is 9.57. The lowest BCUT2D eigenvalue weighted by atomic mass is 10.0. The largest absolute Gasteiger partial charge is 0.384 e. The number of sulfonamides is 1. The van der Waals surface area contributed by atoms with Gasteiger partial charge in [0.05, 0.1) is 5.69 Å². The van der Waals surface area contributed by atoms with Crippen LogP contribution in [0.4, 0.5) is 5.69 Å². The number of hydrogen-bond donors (Lipinski definition) is 2. The van der Waals surface area contributed by atoms with Gasteiger partial charge in [-0.1, -0.05) is 0 Å². The summed E-state index contributed by atoms with van der Waals surface area (Å²) < 4.78 is 27.7. The molecule has 1 aromatic heterocycles. The first-order valence-corrected chi connectivity index (χ1v) is 8.73. The van der Waals surface area contributed by atoms with Crippen LogP contribution in [0.5, 0.6) is 0 Å². The summed E-state index contributed by atoms with van der Waals surface area (Å²) in [6.07, 6.45) is 7.86. The molecule has 0 unspecified atom stereocenters. The molecule has 0 atom stereocenters. The quantitative estimate of drug-likeness (QED) is 0.807. The smallest absolute Gasteiger partial charge is 0.244 e. The van der Waals surface area contributed by atoms with Gasteiger partial charge in [-0.15, -0.1) is 0 Å². The van der Waals surface area contributed by atoms with Gasteiger partial charge in [0.1, 0.15) is 4.90 Å². The minimum Gasteiger partial charge on any atom is -0.384 e. The van der Waals surface area contributed by atoms with Crippen LogP contribution in [0.25, 0.3) is 0 Å². The second-order valence-electron chi connectivity index (χ2n) is 5.86. The van der Waals surface area contributed by atoms with E-state index < -0.39 is 10.0 Å². The van der Waals surface area contributed by atoms with Crippen LogP contribution < -0.4 is 10.0 Å². The molecule has 0 bridgehead atoms. The van der Waals surface area contributed by atoms with Gasteiger partial charge in [-0.25, -0.2) is 13.1 Å². The summed E-state index contributed by atoms with van der Waals surface area (Å²) in [6.45, 7) is 3.19. The fraction of sp³-hybridized carbons (Fsp3) is 0.643. The highest BCUT2D eigenvalue weighted by Gasteiger charge is 2.53.